The van der Waals surface area contributed by atoms with Crippen LogP contribution in [0.2, 0.25) is 0 Å². The molecule has 0 radical (unpaired) electrons. The molecule has 1 aromatic heterocycles. The minimum Gasteiger partial charge on any atom is -0.289 e. The van der Waals surface area contributed by atoms with Crippen molar-refractivity contribution >= 4 is 70.0 Å². The highest BCUT2D eigenvalue weighted by Gasteiger charge is 2.35. The predicted molar refractivity (Wildman–Crippen MR) is 181 cm³/mol. The number of hydrogen-bond donors (Lipinski definition) is 0. The lowest BCUT2D eigenvalue weighted by atomic mass is 9.83. The van der Waals surface area contributed by atoms with E-state index in [1.165, 1.54) is 0 Å². The molecule has 0 bridgehead atoms. The summed E-state index contributed by atoms with van der Waals surface area (Å²) >= 11 is 13.9. The molecule has 0 unspecified atom stereocenters. The van der Waals surface area contributed by atoms with Gasteiger partial charge < -0.3 is 0 Å². The Bertz CT molecular complexity index is 2240. The number of ketones is 4. The number of hydrogen-bond acceptors (Lipinski definition) is 9. The molecule has 48 heavy (non-hydrogen) atoms. The molecule has 0 spiro atoms. The van der Waals surface area contributed by atoms with Crippen LogP contribution in [0, 0.1) is 0 Å². The quantitative estimate of drug-likeness (QED) is 0.171. The van der Waals surface area contributed by atoms with Gasteiger partial charge in [0.05, 0.1) is 22.5 Å². The van der Waals surface area contributed by atoms with Crippen LogP contribution >= 0.6 is 23.6 Å². The van der Waals surface area contributed by atoms with E-state index in [2.05, 4.69) is 15.0 Å². The van der Waals surface area contributed by atoms with Crippen LogP contribution in [0.15, 0.2) is 115 Å². The summed E-state index contributed by atoms with van der Waals surface area (Å²) in [5, 5.41) is 0. The Hall–Kier alpha value is -6.03. The van der Waals surface area contributed by atoms with E-state index in [1.54, 1.807) is 109 Å². The zero-order valence-corrected chi connectivity index (χ0v) is 26.1. The van der Waals surface area contributed by atoms with E-state index < -0.39 is 0 Å². The Morgan fingerprint density at radius 3 is 1.21 bits per heavy atom. The molecule has 0 N–H and O–H groups in total. The van der Waals surface area contributed by atoms with Gasteiger partial charge in [-0.1, -0.05) is 103 Å². The highest BCUT2D eigenvalue weighted by molar-refractivity contribution is 6.36. The molecule has 1 heterocycles. The molecule has 9 nitrogen and oxygen atoms in total. The topological polar surface area (TPSA) is 113 Å². The number of aromatic nitrogens is 3. The fraction of sp³-hybridized carbons (Fsp3) is 0. The number of anilines is 4. The number of halogens is 2. The van der Waals surface area contributed by atoms with Crippen LogP contribution in [0.5, 0.6) is 0 Å². The average Bonchev–Trinajstić information content (AvgIpc) is 3.15. The molecule has 0 atom stereocenters. The van der Waals surface area contributed by atoms with E-state index >= 15 is 0 Å². The summed E-state index contributed by atoms with van der Waals surface area (Å²) in [6.07, 6.45) is 0. The summed E-state index contributed by atoms with van der Waals surface area (Å²) in [4.78, 5) is 68.1. The molecule has 8 rings (SSSR count). The molecule has 0 aliphatic heterocycles. The smallest absolute Gasteiger partial charge is 0.250 e. The third kappa shape index (κ3) is 4.51. The monoisotopic (exact) mass is 667 g/mol. The van der Waals surface area contributed by atoms with Crippen molar-refractivity contribution in [2.75, 3.05) is 8.84 Å². The van der Waals surface area contributed by atoms with Crippen molar-refractivity contribution < 1.29 is 19.2 Å². The van der Waals surface area contributed by atoms with Crippen molar-refractivity contribution in [1.29, 1.82) is 0 Å². The van der Waals surface area contributed by atoms with Gasteiger partial charge in [0, 0.05) is 62.5 Å². The Morgan fingerprint density at radius 2 is 0.771 bits per heavy atom. The van der Waals surface area contributed by atoms with E-state index in [4.69, 9.17) is 23.6 Å². The molecule has 0 saturated carbocycles. The Balaban J connectivity index is 1.28. The number of nitrogens with zero attached hydrogens (tertiary/aromatic N) is 5. The second kappa shape index (κ2) is 11.3. The number of carbonyl (C=O) groups is 4. The van der Waals surface area contributed by atoms with Crippen molar-refractivity contribution in [2.45, 2.75) is 0 Å². The van der Waals surface area contributed by atoms with Gasteiger partial charge in [-0.05, 0) is 12.1 Å². The molecule has 0 amide bonds. The summed E-state index contributed by atoms with van der Waals surface area (Å²) in [5.41, 5.74) is 2.67. The van der Waals surface area contributed by atoms with Crippen molar-refractivity contribution in [3.05, 3.63) is 160 Å². The first-order valence-electron chi connectivity index (χ1n) is 14.7. The molecule has 11 heteroatoms. The van der Waals surface area contributed by atoms with Gasteiger partial charge in [-0.25, -0.2) is 8.84 Å². The number of rotatable bonds is 5. The highest BCUT2D eigenvalue weighted by atomic mass is 35.5. The van der Waals surface area contributed by atoms with Gasteiger partial charge in [0.25, 0.3) is 11.9 Å². The Kier molecular flexibility index (Phi) is 6.94. The summed E-state index contributed by atoms with van der Waals surface area (Å²) < 4.78 is 2.15. The Labute approximate surface area is 283 Å². The fourth-order valence-electron chi connectivity index (χ4n) is 6.04. The standard InChI is InChI=1S/C37H19Cl2N5O4/c38-43(27-18-8-16-25-29(27)33(47)23-14-6-4-12-21(23)31(25)45)36-40-35(20-10-2-1-3-11-20)41-37(42-36)44(39)28-19-9-17-26-30(28)34(48)24-15-7-5-13-22(24)32(26)46/h1-19H. The normalized spacial score (nSPS) is 13.0. The van der Waals surface area contributed by atoms with Crippen molar-refractivity contribution in [3.63, 3.8) is 0 Å². The minimum atomic E-state index is -0.377. The molecule has 2 aliphatic rings. The van der Waals surface area contributed by atoms with E-state index in [9.17, 15) is 19.2 Å². The van der Waals surface area contributed by atoms with Crippen LogP contribution < -0.4 is 8.84 Å². The number of fused-ring (bicyclic) bond motifs is 4. The second-order valence-electron chi connectivity index (χ2n) is 11.0. The van der Waals surface area contributed by atoms with Crippen LogP contribution in [0.1, 0.15) is 63.7 Å². The molecule has 5 aromatic carbocycles. The maximum absolute atomic E-state index is 13.8. The van der Waals surface area contributed by atoms with Gasteiger partial charge >= 0.3 is 0 Å². The van der Waals surface area contributed by atoms with Crippen LogP contribution in [0.4, 0.5) is 23.3 Å². The minimum absolute atomic E-state index is 0.0991. The van der Waals surface area contributed by atoms with Gasteiger partial charge in [-0.15, -0.1) is 0 Å². The van der Waals surface area contributed by atoms with Gasteiger partial charge in [0.15, 0.2) is 29.0 Å². The third-order valence-corrected chi connectivity index (χ3v) is 8.95. The fourth-order valence-corrected chi connectivity index (χ4v) is 6.48. The van der Waals surface area contributed by atoms with Crippen LogP contribution in [-0.4, -0.2) is 38.1 Å². The summed E-state index contributed by atoms with van der Waals surface area (Å²) in [7, 11) is 0. The molecule has 230 valence electrons. The van der Waals surface area contributed by atoms with Crippen LogP contribution in [-0.2, 0) is 0 Å². The largest absolute Gasteiger partial charge is 0.289 e. The third-order valence-electron chi connectivity index (χ3n) is 8.28. The lowest BCUT2D eigenvalue weighted by Gasteiger charge is -2.25. The molecule has 6 aromatic rings. The maximum Gasteiger partial charge on any atom is 0.250 e. The lowest BCUT2D eigenvalue weighted by Crippen LogP contribution is -2.24. The van der Waals surface area contributed by atoms with Crippen molar-refractivity contribution in [3.8, 4) is 11.4 Å². The van der Waals surface area contributed by atoms with Gasteiger partial charge in [0.2, 0.25) is 0 Å². The van der Waals surface area contributed by atoms with E-state index in [0.29, 0.717) is 16.7 Å². The first-order chi connectivity index (χ1) is 23.3. The molecule has 2 aliphatic carbocycles. The summed E-state index contributed by atoms with van der Waals surface area (Å²) in [6.45, 7) is 0. The van der Waals surface area contributed by atoms with Gasteiger partial charge in [0.1, 0.15) is 0 Å². The van der Waals surface area contributed by atoms with Crippen LogP contribution in [0.3, 0.4) is 0 Å². The molecular formula is C37H19Cl2N5O4. The van der Waals surface area contributed by atoms with Crippen molar-refractivity contribution in [1.82, 2.24) is 15.0 Å². The second-order valence-corrected chi connectivity index (χ2v) is 11.7. The van der Waals surface area contributed by atoms with Gasteiger partial charge in [-0.2, -0.15) is 15.0 Å². The van der Waals surface area contributed by atoms with Gasteiger partial charge in [-0.3, -0.25) is 19.2 Å². The van der Waals surface area contributed by atoms with E-state index in [1.807, 2.05) is 6.07 Å². The zero-order valence-electron chi connectivity index (χ0n) is 24.6. The van der Waals surface area contributed by atoms with Crippen LogP contribution in [0.25, 0.3) is 11.4 Å². The van der Waals surface area contributed by atoms with Crippen molar-refractivity contribution in [2.24, 2.45) is 0 Å². The highest BCUT2D eigenvalue weighted by Crippen LogP contribution is 2.40. The SMILES string of the molecule is O=C1c2ccccc2C(=O)c2c1cccc2N(Cl)c1nc(-c2ccccc2)nc(N(Cl)c2cccc3c2C(=O)c2ccccc2C3=O)n1. The first-order valence-corrected chi connectivity index (χ1v) is 15.4. The number of carbonyl (C=O) groups excluding carboxylic acids is 4. The zero-order chi connectivity index (χ0) is 33.1. The van der Waals surface area contributed by atoms with E-state index in [0.717, 1.165) is 8.84 Å². The Morgan fingerprint density at radius 1 is 0.396 bits per heavy atom. The van der Waals surface area contributed by atoms with E-state index in [-0.39, 0.29) is 85.6 Å². The summed E-state index contributed by atoms with van der Waals surface area (Å²) in [5.74, 6) is -1.42. The molecule has 0 saturated heterocycles. The summed E-state index contributed by atoms with van der Waals surface area (Å²) in [6, 6.07) is 31.8. The number of benzene rings is 5. The average molecular weight is 668 g/mol. The molecular weight excluding hydrogens is 649 g/mol. The molecule has 0 fully saturated rings. The predicted octanol–water partition coefficient (Wildman–Crippen LogP) is 7.67. The lowest BCUT2D eigenvalue weighted by molar-refractivity contribution is 0.0979. The maximum atomic E-state index is 13.8. The first kappa shape index (κ1) is 29.4.